The van der Waals surface area contributed by atoms with Crippen molar-refractivity contribution in [2.75, 3.05) is 13.1 Å². The van der Waals surface area contributed by atoms with Crippen LogP contribution in [-0.2, 0) is 9.53 Å². The zero-order valence-corrected chi connectivity index (χ0v) is 15.0. The quantitative estimate of drug-likeness (QED) is 0.637. The van der Waals surface area contributed by atoms with Gasteiger partial charge in [0.2, 0.25) is 5.91 Å². The summed E-state index contributed by atoms with van der Waals surface area (Å²) in [5, 5.41) is 5.94. The minimum atomic E-state index is -0.545. The summed E-state index contributed by atoms with van der Waals surface area (Å²) >= 11 is 0. The SMILES string of the molecule is CC(C)CNC(C(N)=O)C(CNC(=O)OC(C)(C)C)C(C)C. The lowest BCUT2D eigenvalue weighted by atomic mass is 9.87. The summed E-state index contributed by atoms with van der Waals surface area (Å²) in [6.07, 6.45) is -0.481. The predicted molar refractivity (Wildman–Crippen MR) is 88.4 cm³/mol. The lowest BCUT2D eigenvalue weighted by Gasteiger charge is -2.30. The summed E-state index contributed by atoms with van der Waals surface area (Å²) < 4.78 is 5.22. The molecular formula is C16H33N3O3. The summed E-state index contributed by atoms with van der Waals surface area (Å²) in [7, 11) is 0. The van der Waals surface area contributed by atoms with E-state index in [1.807, 2.05) is 34.6 Å². The van der Waals surface area contributed by atoms with Crippen LogP contribution in [0.15, 0.2) is 0 Å². The second-order valence-corrected chi connectivity index (χ2v) is 7.47. The molecule has 0 aliphatic heterocycles. The molecule has 0 radical (unpaired) electrons. The van der Waals surface area contributed by atoms with Crippen molar-refractivity contribution in [3.63, 3.8) is 0 Å². The van der Waals surface area contributed by atoms with Gasteiger partial charge in [-0.15, -0.1) is 0 Å². The highest BCUT2D eigenvalue weighted by molar-refractivity contribution is 5.80. The Kier molecular flexibility index (Phi) is 8.45. The maximum atomic E-state index is 11.8. The van der Waals surface area contributed by atoms with Crippen molar-refractivity contribution in [3.05, 3.63) is 0 Å². The van der Waals surface area contributed by atoms with Crippen molar-refractivity contribution in [1.29, 1.82) is 0 Å². The van der Waals surface area contributed by atoms with Gasteiger partial charge in [-0.3, -0.25) is 4.79 Å². The van der Waals surface area contributed by atoms with Crippen LogP contribution >= 0.6 is 0 Å². The summed E-state index contributed by atoms with van der Waals surface area (Å²) in [5.74, 6) is 0.106. The van der Waals surface area contributed by atoms with Crippen LogP contribution < -0.4 is 16.4 Å². The smallest absolute Gasteiger partial charge is 0.407 e. The summed E-state index contributed by atoms with van der Waals surface area (Å²) in [5.41, 5.74) is 4.98. The van der Waals surface area contributed by atoms with E-state index in [1.165, 1.54) is 0 Å². The average Bonchev–Trinajstić information content (AvgIpc) is 2.29. The Morgan fingerprint density at radius 1 is 1.09 bits per heavy atom. The van der Waals surface area contributed by atoms with Gasteiger partial charge in [-0.25, -0.2) is 4.79 Å². The molecule has 2 amide bonds. The largest absolute Gasteiger partial charge is 0.444 e. The number of nitrogens with two attached hydrogens (primary N) is 1. The number of carbonyl (C=O) groups excluding carboxylic acids is 2. The van der Waals surface area contributed by atoms with Crippen LogP contribution in [0.1, 0.15) is 48.5 Å². The topological polar surface area (TPSA) is 93.5 Å². The van der Waals surface area contributed by atoms with E-state index in [2.05, 4.69) is 24.5 Å². The van der Waals surface area contributed by atoms with E-state index < -0.39 is 23.6 Å². The van der Waals surface area contributed by atoms with Gasteiger partial charge in [-0.1, -0.05) is 27.7 Å². The van der Waals surface area contributed by atoms with Crippen LogP contribution in [0, 0.1) is 17.8 Å². The number of carbonyl (C=O) groups is 2. The van der Waals surface area contributed by atoms with Crippen LogP contribution in [0.5, 0.6) is 0 Å². The molecule has 0 aliphatic carbocycles. The third-order valence-electron chi connectivity index (χ3n) is 3.22. The molecule has 0 saturated heterocycles. The van der Waals surface area contributed by atoms with Gasteiger partial charge in [-0.2, -0.15) is 0 Å². The molecule has 0 spiro atoms. The third kappa shape index (κ3) is 8.87. The Labute approximate surface area is 134 Å². The predicted octanol–water partition coefficient (Wildman–Crippen LogP) is 1.88. The molecule has 0 fully saturated rings. The van der Waals surface area contributed by atoms with Crippen molar-refractivity contribution in [1.82, 2.24) is 10.6 Å². The van der Waals surface area contributed by atoms with Gasteiger partial charge in [0.1, 0.15) is 5.60 Å². The van der Waals surface area contributed by atoms with Gasteiger partial charge >= 0.3 is 6.09 Å². The number of hydrogen-bond donors (Lipinski definition) is 3. The van der Waals surface area contributed by atoms with E-state index >= 15 is 0 Å². The van der Waals surface area contributed by atoms with Gasteiger partial charge in [0.25, 0.3) is 0 Å². The molecular weight excluding hydrogens is 282 g/mol. The lowest BCUT2D eigenvalue weighted by molar-refractivity contribution is -0.121. The Morgan fingerprint density at radius 2 is 1.64 bits per heavy atom. The average molecular weight is 315 g/mol. The number of amides is 2. The van der Waals surface area contributed by atoms with Crippen molar-refractivity contribution in [2.45, 2.75) is 60.1 Å². The Balaban J connectivity index is 4.73. The molecule has 0 aromatic heterocycles. The Bertz CT molecular complexity index is 362. The fraction of sp³-hybridized carbons (Fsp3) is 0.875. The summed E-state index contributed by atoms with van der Waals surface area (Å²) in [4.78, 5) is 23.5. The number of hydrogen-bond acceptors (Lipinski definition) is 4. The van der Waals surface area contributed by atoms with E-state index in [0.717, 1.165) is 0 Å². The molecule has 0 aromatic carbocycles. The van der Waals surface area contributed by atoms with Gasteiger partial charge in [-0.05, 0) is 39.2 Å². The van der Waals surface area contributed by atoms with E-state index in [0.29, 0.717) is 19.0 Å². The fourth-order valence-electron chi connectivity index (χ4n) is 2.08. The Morgan fingerprint density at radius 3 is 2.00 bits per heavy atom. The maximum Gasteiger partial charge on any atom is 0.407 e. The molecule has 0 rings (SSSR count). The van der Waals surface area contributed by atoms with E-state index in [-0.39, 0.29) is 11.8 Å². The lowest BCUT2D eigenvalue weighted by Crippen LogP contribution is -2.52. The zero-order valence-electron chi connectivity index (χ0n) is 15.0. The van der Waals surface area contributed by atoms with Crippen molar-refractivity contribution in [3.8, 4) is 0 Å². The van der Waals surface area contributed by atoms with Crippen molar-refractivity contribution >= 4 is 12.0 Å². The van der Waals surface area contributed by atoms with Crippen LogP contribution in [0.25, 0.3) is 0 Å². The maximum absolute atomic E-state index is 11.8. The molecule has 0 heterocycles. The molecule has 0 aliphatic rings. The monoisotopic (exact) mass is 315 g/mol. The zero-order chi connectivity index (χ0) is 17.5. The third-order valence-corrected chi connectivity index (χ3v) is 3.22. The molecule has 4 N–H and O–H groups in total. The summed E-state index contributed by atoms with van der Waals surface area (Å²) in [6.45, 7) is 14.6. The molecule has 0 bridgehead atoms. The van der Waals surface area contributed by atoms with Crippen LogP contribution in [0.2, 0.25) is 0 Å². The highest BCUT2D eigenvalue weighted by atomic mass is 16.6. The minimum absolute atomic E-state index is 0.0937. The number of ether oxygens (including phenoxy) is 1. The molecule has 6 nitrogen and oxygen atoms in total. The first-order valence-electron chi connectivity index (χ1n) is 7.93. The van der Waals surface area contributed by atoms with Crippen molar-refractivity contribution in [2.24, 2.45) is 23.5 Å². The minimum Gasteiger partial charge on any atom is -0.444 e. The number of primary amides is 1. The van der Waals surface area contributed by atoms with E-state index in [9.17, 15) is 9.59 Å². The number of nitrogens with one attached hydrogen (secondary N) is 2. The first-order chi connectivity index (χ1) is 9.94. The number of rotatable bonds is 8. The molecule has 0 aromatic rings. The molecule has 6 heteroatoms. The van der Waals surface area contributed by atoms with Crippen molar-refractivity contribution < 1.29 is 14.3 Å². The van der Waals surface area contributed by atoms with Crippen LogP contribution in [0.3, 0.4) is 0 Å². The first-order valence-corrected chi connectivity index (χ1v) is 7.93. The molecule has 2 unspecified atom stereocenters. The van der Waals surface area contributed by atoms with Crippen LogP contribution in [-0.4, -0.2) is 36.7 Å². The second kappa shape index (κ2) is 8.98. The van der Waals surface area contributed by atoms with Gasteiger partial charge in [0.15, 0.2) is 0 Å². The second-order valence-electron chi connectivity index (χ2n) is 7.47. The Hall–Kier alpha value is -1.30. The van der Waals surface area contributed by atoms with Crippen LogP contribution in [0.4, 0.5) is 4.79 Å². The molecule has 0 saturated carbocycles. The highest BCUT2D eigenvalue weighted by Gasteiger charge is 2.29. The molecule has 22 heavy (non-hydrogen) atoms. The first kappa shape index (κ1) is 20.7. The van der Waals surface area contributed by atoms with Gasteiger partial charge in [0, 0.05) is 12.5 Å². The normalized spacial score (nSPS) is 14.8. The standard InChI is InChI=1S/C16H33N3O3/c1-10(2)8-18-13(14(17)20)12(11(3)4)9-19-15(21)22-16(5,6)7/h10-13,18H,8-9H2,1-7H3,(H2,17,20)(H,19,21). The fourth-order valence-corrected chi connectivity index (χ4v) is 2.08. The number of alkyl carbamates (subject to hydrolysis) is 1. The van der Waals surface area contributed by atoms with E-state index in [4.69, 9.17) is 10.5 Å². The molecule has 130 valence electrons. The van der Waals surface area contributed by atoms with Gasteiger partial charge in [0.05, 0.1) is 6.04 Å². The van der Waals surface area contributed by atoms with Gasteiger partial charge < -0.3 is 21.1 Å². The highest BCUT2D eigenvalue weighted by Crippen LogP contribution is 2.16. The summed E-state index contributed by atoms with van der Waals surface area (Å²) in [6, 6.07) is -0.475. The van der Waals surface area contributed by atoms with E-state index in [1.54, 1.807) is 0 Å². The molecule has 2 atom stereocenters.